The summed E-state index contributed by atoms with van der Waals surface area (Å²) in [6.45, 7) is 0. The summed E-state index contributed by atoms with van der Waals surface area (Å²) in [5.74, 6) is -0.282. The van der Waals surface area contributed by atoms with Crippen molar-refractivity contribution < 1.29 is 4.39 Å². The summed E-state index contributed by atoms with van der Waals surface area (Å²) < 4.78 is 13.2. The zero-order valence-electron chi connectivity index (χ0n) is 10.5. The lowest BCUT2D eigenvalue weighted by Gasteiger charge is -2.20. The van der Waals surface area contributed by atoms with Gasteiger partial charge in [-0.15, -0.1) is 0 Å². The van der Waals surface area contributed by atoms with Gasteiger partial charge < -0.3 is 0 Å². The summed E-state index contributed by atoms with van der Waals surface area (Å²) in [5.41, 5.74) is 0.724. The molecule has 1 aliphatic carbocycles. The summed E-state index contributed by atoms with van der Waals surface area (Å²) >= 11 is 0. The van der Waals surface area contributed by atoms with E-state index >= 15 is 0 Å². The molecule has 0 aliphatic heterocycles. The Hall–Kier alpha value is -1.40. The van der Waals surface area contributed by atoms with Gasteiger partial charge in [0.2, 0.25) is 0 Å². The van der Waals surface area contributed by atoms with E-state index in [4.69, 9.17) is 0 Å². The lowest BCUT2D eigenvalue weighted by molar-refractivity contribution is 0.436. The van der Waals surface area contributed by atoms with E-state index < -0.39 is 6.04 Å². The molecule has 0 amide bonds. The van der Waals surface area contributed by atoms with Gasteiger partial charge in [0.1, 0.15) is 11.9 Å². The van der Waals surface area contributed by atoms with Crippen molar-refractivity contribution in [3.8, 4) is 6.07 Å². The third-order valence-corrected chi connectivity index (χ3v) is 3.57. The van der Waals surface area contributed by atoms with Crippen LogP contribution in [0.15, 0.2) is 24.3 Å². The fourth-order valence-corrected chi connectivity index (χ4v) is 2.58. The highest BCUT2D eigenvalue weighted by molar-refractivity contribution is 5.24. The largest absolute Gasteiger partial charge is 0.295 e. The molecule has 0 radical (unpaired) electrons. The number of benzene rings is 1. The number of hydrogen-bond acceptors (Lipinski definition) is 2. The second-order valence-corrected chi connectivity index (χ2v) is 4.97. The zero-order valence-corrected chi connectivity index (χ0v) is 10.5. The molecule has 1 atom stereocenters. The maximum absolute atomic E-state index is 13.2. The van der Waals surface area contributed by atoms with Crippen molar-refractivity contribution in [2.45, 2.75) is 50.6 Å². The Kier molecular flexibility index (Phi) is 4.72. The molecule has 0 aromatic heterocycles. The van der Waals surface area contributed by atoms with Crippen LogP contribution in [0.2, 0.25) is 0 Å². The van der Waals surface area contributed by atoms with Gasteiger partial charge in [-0.1, -0.05) is 37.8 Å². The first-order valence-electron chi connectivity index (χ1n) is 6.71. The molecule has 1 unspecified atom stereocenters. The predicted octanol–water partition coefficient (Wildman–Crippen LogP) is 3.70. The molecular weight excluding hydrogens is 227 g/mol. The number of hydrogen-bond donors (Lipinski definition) is 1. The quantitative estimate of drug-likeness (QED) is 0.825. The Labute approximate surface area is 108 Å². The van der Waals surface area contributed by atoms with E-state index in [0.29, 0.717) is 6.04 Å². The summed E-state index contributed by atoms with van der Waals surface area (Å²) in [6.07, 6.45) is 7.25. The van der Waals surface area contributed by atoms with E-state index in [2.05, 4.69) is 11.4 Å². The SMILES string of the molecule is N#CC(NC1CCCCCC1)c1cccc(F)c1. The average molecular weight is 246 g/mol. The molecule has 1 aromatic rings. The third kappa shape index (κ3) is 3.54. The summed E-state index contributed by atoms with van der Waals surface area (Å²) in [5, 5.41) is 12.6. The van der Waals surface area contributed by atoms with Gasteiger partial charge in [0.25, 0.3) is 0 Å². The second-order valence-electron chi connectivity index (χ2n) is 4.97. The first-order chi connectivity index (χ1) is 8.79. The van der Waals surface area contributed by atoms with E-state index in [-0.39, 0.29) is 5.82 Å². The Morgan fingerprint density at radius 3 is 2.56 bits per heavy atom. The number of nitrogens with zero attached hydrogens (tertiary/aromatic N) is 1. The minimum Gasteiger partial charge on any atom is -0.295 e. The minimum atomic E-state index is -0.399. The molecule has 1 aromatic carbocycles. The predicted molar refractivity (Wildman–Crippen MR) is 69.4 cm³/mol. The zero-order chi connectivity index (χ0) is 12.8. The van der Waals surface area contributed by atoms with Gasteiger partial charge >= 0.3 is 0 Å². The van der Waals surface area contributed by atoms with Crippen molar-refractivity contribution in [1.29, 1.82) is 5.26 Å². The molecule has 96 valence electrons. The van der Waals surface area contributed by atoms with E-state index in [1.54, 1.807) is 12.1 Å². The van der Waals surface area contributed by atoms with Crippen LogP contribution >= 0.6 is 0 Å². The minimum absolute atomic E-state index is 0.282. The Morgan fingerprint density at radius 2 is 1.94 bits per heavy atom. The summed E-state index contributed by atoms with van der Waals surface area (Å²) in [7, 11) is 0. The average Bonchev–Trinajstić information content (AvgIpc) is 2.64. The van der Waals surface area contributed by atoms with Gasteiger partial charge in [-0.2, -0.15) is 5.26 Å². The van der Waals surface area contributed by atoms with E-state index in [1.165, 1.54) is 37.8 Å². The summed E-state index contributed by atoms with van der Waals surface area (Å²) in [4.78, 5) is 0. The molecule has 0 spiro atoms. The van der Waals surface area contributed by atoms with Gasteiger partial charge in [0.05, 0.1) is 6.07 Å². The molecule has 1 saturated carbocycles. The monoisotopic (exact) mass is 246 g/mol. The fraction of sp³-hybridized carbons (Fsp3) is 0.533. The highest BCUT2D eigenvalue weighted by Crippen LogP contribution is 2.21. The Balaban J connectivity index is 2.02. The normalized spacial score (nSPS) is 18.9. The summed E-state index contributed by atoms with van der Waals surface area (Å²) in [6, 6.07) is 8.54. The van der Waals surface area contributed by atoms with E-state index in [9.17, 15) is 9.65 Å². The number of halogens is 1. The van der Waals surface area contributed by atoms with Crippen LogP contribution in [-0.2, 0) is 0 Å². The van der Waals surface area contributed by atoms with Crippen LogP contribution in [0.25, 0.3) is 0 Å². The first-order valence-corrected chi connectivity index (χ1v) is 6.71. The van der Waals surface area contributed by atoms with Crippen LogP contribution in [0.3, 0.4) is 0 Å². The van der Waals surface area contributed by atoms with Crippen molar-refractivity contribution in [2.24, 2.45) is 0 Å². The molecule has 2 rings (SSSR count). The van der Waals surface area contributed by atoms with Gasteiger partial charge in [-0.25, -0.2) is 4.39 Å². The molecule has 0 bridgehead atoms. The molecule has 0 heterocycles. The van der Waals surface area contributed by atoms with E-state index in [1.807, 2.05) is 0 Å². The fourth-order valence-electron chi connectivity index (χ4n) is 2.58. The first kappa shape index (κ1) is 13.0. The highest BCUT2D eigenvalue weighted by atomic mass is 19.1. The standard InChI is InChI=1S/C15H19FN2/c16-13-7-5-6-12(10-13)15(11-17)18-14-8-3-1-2-4-9-14/h5-7,10,14-15,18H,1-4,8-9H2. The van der Waals surface area contributed by atoms with Crippen LogP contribution in [-0.4, -0.2) is 6.04 Å². The maximum Gasteiger partial charge on any atom is 0.123 e. The van der Waals surface area contributed by atoms with Crippen molar-refractivity contribution >= 4 is 0 Å². The number of nitriles is 1. The van der Waals surface area contributed by atoms with Gasteiger partial charge in [0, 0.05) is 6.04 Å². The van der Waals surface area contributed by atoms with Crippen LogP contribution in [0.5, 0.6) is 0 Å². The van der Waals surface area contributed by atoms with Crippen molar-refractivity contribution in [2.75, 3.05) is 0 Å². The number of rotatable bonds is 3. The molecule has 2 nitrogen and oxygen atoms in total. The molecular formula is C15H19FN2. The van der Waals surface area contributed by atoms with Crippen molar-refractivity contribution in [3.05, 3.63) is 35.6 Å². The van der Waals surface area contributed by atoms with E-state index in [0.717, 1.165) is 18.4 Å². The lowest BCUT2D eigenvalue weighted by Crippen LogP contribution is -2.31. The van der Waals surface area contributed by atoms with Crippen LogP contribution < -0.4 is 5.32 Å². The van der Waals surface area contributed by atoms with Crippen LogP contribution in [0, 0.1) is 17.1 Å². The van der Waals surface area contributed by atoms with Crippen LogP contribution in [0.1, 0.15) is 50.1 Å². The van der Waals surface area contributed by atoms with Crippen LogP contribution in [0.4, 0.5) is 4.39 Å². The second kappa shape index (κ2) is 6.51. The van der Waals surface area contributed by atoms with Crippen molar-refractivity contribution in [3.63, 3.8) is 0 Å². The number of nitrogens with one attached hydrogen (secondary N) is 1. The van der Waals surface area contributed by atoms with Gasteiger partial charge in [-0.3, -0.25) is 5.32 Å². The topological polar surface area (TPSA) is 35.8 Å². The van der Waals surface area contributed by atoms with Crippen molar-refractivity contribution in [1.82, 2.24) is 5.32 Å². The molecule has 3 heteroatoms. The molecule has 18 heavy (non-hydrogen) atoms. The molecule has 1 N–H and O–H groups in total. The third-order valence-electron chi connectivity index (χ3n) is 3.57. The molecule has 1 fully saturated rings. The molecule has 0 saturated heterocycles. The van der Waals surface area contributed by atoms with Gasteiger partial charge in [0.15, 0.2) is 0 Å². The Morgan fingerprint density at radius 1 is 1.22 bits per heavy atom. The lowest BCUT2D eigenvalue weighted by atomic mass is 10.0. The highest BCUT2D eigenvalue weighted by Gasteiger charge is 2.18. The van der Waals surface area contributed by atoms with Gasteiger partial charge in [-0.05, 0) is 30.5 Å². The maximum atomic E-state index is 13.2. The Bertz CT molecular complexity index is 417. The molecule has 1 aliphatic rings. The smallest absolute Gasteiger partial charge is 0.123 e.